The Balaban J connectivity index is 1.21. The van der Waals surface area contributed by atoms with Gasteiger partial charge in [-0.15, -0.1) is 10.2 Å². The number of nitrogens with one attached hydrogen (secondary N) is 1. The Morgan fingerprint density at radius 1 is 0.844 bits per heavy atom. The van der Waals surface area contributed by atoms with Gasteiger partial charge in [-0.25, -0.2) is 4.68 Å². The van der Waals surface area contributed by atoms with E-state index in [-0.39, 0.29) is 11.8 Å². The van der Waals surface area contributed by atoms with Gasteiger partial charge in [-0.05, 0) is 42.7 Å². The molecule has 1 aliphatic rings. The summed E-state index contributed by atoms with van der Waals surface area (Å²) < 4.78 is 1.68. The summed E-state index contributed by atoms with van der Waals surface area (Å²) in [5.74, 6) is 1.57. The summed E-state index contributed by atoms with van der Waals surface area (Å²) in [7, 11) is 0. The summed E-state index contributed by atoms with van der Waals surface area (Å²) >= 11 is 0. The van der Waals surface area contributed by atoms with Crippen LogP contribution in [0.3, 0.4) is 0 Å². The number of amides is 1. The fourth-order valence-electron chi connectivity index (χ4n) is 4.08. The van der Waals surface area contributed by atoms with Crippen molar-refractivity contribution < 1.29 is 4.79 Å². The van der Waals surface area contributed by atoms with Gasteiger partial charge in [-0.1, -0.05) is 48.5 Å². The van der Waals surface area contributed by atoms with Gasteiger partial charge in [0.1, 0.15) is 0 Å². The summed E-state index contributed by atoms with van der Waals surface area (Å²) in [6, 6.07) is 23.8. The molecule has 1 fully saturated rings. The largest absolute Gasteiger partial charge is 0.355 e. The van der Waals surface area contributed by atoms with Crippen LogP contribution in [0.2, 0.25) is 0 Å². The number of aromatic nitrogens is 4. The van der Waals surface area contributed by atoms with Crippen LogP contribution in [0.4, 0.5) is 11.5 Å². The number of anilines is 2. The molecule has 0 atom stereocenters. The zero-order chi connectivity index (χ0) is 21.8. The van der Waals surface area contributed by atoms with Crippen molar-refractivity contribution in [1.82, 2.24) is 20.0 Å². The molecule has 1 N–H and O–H groups in total. The van der Waals surface area contributed by atoms with Crippen LogP contribution in [-0.4, -0.2) is 39.0 Å². The number of rotatable bonds is 5. The second kappa shape index (κ2) is 9.01. The molecule has 5 rings (SSSR count). The van der Waals surface area contributed by atoms with Gasteiger partial charge in [0, 0.05) is 42.7 Å². The smallest absolute Gasteiger partial charge is 0.227 e. The molecule has 160 valence electrons. The summed E-state index contributed by atoms with van der Waals surface area (Å²) in [5, 5.41) is 16.0. The average Bonchev–Trinajstić information content (AvgIpc) is 3.40. The molecule has 0 radical (unpaired) electrons. The van der Waals surface area contributed by atoms with Crippen molar-refractivity contribution in [3.8, 4) is 16.9 Å². The van der Waals surface area contributed by atoms with Gasteiger partial charge in [0.05, 0.1) is 0 Å². The molecule has 0 unspecified atom stereocenters. The maximum Gasteiger partial charge on any atom is 0.227 e. The minimum absolute atomic E-state index is 0.0219. The molecule has 2 aromatic carbocycles. The van der Waals surface area contributed by atoms with Gasteiger partial charge in [-0.2, -0.15) is 5.10 Å². The highest BCUT2D eigenvalue weighted by Crippen LogP contribution is 2.29. The number of hydrogen-bond acceptors (Lipinski definition) is 5. The van der Waals surface area contributed by atoms with Crippen molar-refractivity contribution in [2.45, 2.75) is 12.8 Å². The summed E-state index contributed by atoms with van der Waals surface area (Å²) in [6.07, 6.45) is 5.11. The summed E-state index contributed by atoms with van der Waals surface area (Å²) in [4.78, 5) is 15.2. The van der Waals surface area contributed by atoms with E-state index in [1.54, 1.807) is 10.9 Å². The molecule has 0 spiro atoms. The van der Waals surface area contributed by atoms with Crippen LogP contribution in [-0.2, 0) is 4.79 Å². The number of piperidine rings is 1. The van der Waals surface area contributed by atoms with Crippen LogP contribution < -0.4 is 10.2 Å². The molecule has 32 heavy (non-hydrogen) atoms. The van der Waals surface area contributed by atoms with Gasteiger partial charge in [0.25, 0.3) is 0 Å². The number of benzene rings is 2. The highest BCUT2D eigenvalue weighted by Gasteiger charge is 2.26. The summed E-state index contributed by atoms with van der Waals surface area (Å²) in [5.41, 5.74) is 2.98. The van der Waals surface area contributed by atoms with E-state index in [0.717, 1.165) is 48.6 Å². The fraction of sp³-hybridized carbons (Fsp3) is 0.200. The van der Waals surface area contributed by atoms with E-state index in [9.17, 15) is 4.79 Å². The minimum Gasteiger partial charge on any atom is -0.355 e. The molecule has 4 aromatic rings. The third-order valence-corrected chi connectivity index (χ3v) is 5.83. The van der Waals surface area contributed by atoms with E-state index in [4.69, 9.17) is 0 Å². The second-order valence-electron chi connectivity index (χ2n) is 7.86. The predicted octanol–water partition coefficient (Wildman–Crippen LogP) is 4.18. The average molecular weight is 425 g/mol. The molecule has 1 aliphatic heterocycles. The van der Waals surface area contributed by atoms with Crippen LogP contribution in [0, 0.1) is 5.92 Å². The van der Waals surface area contributed by atoms with Gasteiger partial charge in [-0.3, -0.25) is 4.79 Å². The van der Waals surface area contributed by atoms with Crippen molar-refractivity contribution in [1.29, 1.82) is 0 Å². The van der Waals surface area contributed by atoms with Crippen LogP contribution in [0.5, 0.6) is 0 Å². The Morgan fingerprint density at radius 2 is 1.56 bits per heavy atom. The van der Waals surface area contributed by atoms with Crippen molar-refractivity contribution in [2.24, 2.45) is 5.92 Å². The predicted molar refractivity (Wildman–Crippen MR) is 125 cm³/mol. The lowest BCUT2D eigenvalue weighted by atomic mass is 9.95. The van der Waals surface area contributed by atoms with Crippen LogP contribution >= 0.6 is 0 Å². The first-order valence-corrected chi connectivity index (χ1v) is 10.8. The molecule has 0 bridgehead atoms. The zero-order valence-corrected chi connectivity index (χ0v) is 17.6. The Morgan fingerprint density at radius 3 is 2.28 bits per heavy atom. The van der Waals surface area contributed by atoms with Crippen molar-refractivity contribution in [3.63, 3.8) is 0 Å². The van der Waals surface area contributed by atoms with E-state index in [0.29, 0.717) is 5.82 Å². The molecule has 7 nitrogen and oxygen atoms in total. The van der Waals surface area contributed by atoms with Crippen LogP contribution in [0.1, 0.15) is 12.8 Å². The van der Waals surface area contributed by atoms with E-state index in [2.05, 4.69) is 37.6 Å². The number of carbonyl (C=O) groups is 1. The third-order valence-electron chi connectivity index (χ3n) is 5.83. The monoisotopic (exact) mass is 424 g/mol. The number of carbonyl (C=O) groups excluding carboxylic acids is 1. The van der Waals surface area contributed by atoms with E-state index < -0.39 is 0 Å². The van der Waals surface area contributed by atoms with E-state index >= 15 is 0 Å². The lowest BCUT2D eigenvalue weighted by molar-refractivity contribution is -0.120. The quantitative estimate of drug-likeness (QED) is 0.520. The molecular formula is C25H24N6O. The molecule has 7 heteroatoms. The standard InChI is InChI=1S/C25H24N6O/c32-25(27-22-10-5-4-9-21(22)19-7-2-1-3-8-19)20-13-17-30(18-14-20)23-11-12-24(29-28-23)31-16-6-15-26-31/h1-12,15-16,20H,13-14,17-18H2,(H,27,32). The topological polar surface area (TPSA) is 75.9 Å². The van der Waals surface area contributed by atoms with Gasteiger partial charge in [0.2, 0.25) is 5.91 Å². The highest BCUT2D eigenvalue weighted by atomic mass is 16.1. The molecule has 2 aromatic heterocycles. The van der Waals surface area contributed by atoms with Gasteiger partial charge in [0.15, 0.2) is 11.6 Å². The summed E-state index contributed by atoms with van der Waals surface area (Å²) in [6.45, 7) is 1.54. The molecule has 1 amide bonds. The number of nitrogens with zero attached hydrogens (tertiary/aromatic N) is 5. The normalized spacial score (nSPS) is 14.3. The molecule has 0 saturated carbocycles. The lowest BCUT2D eigenvalue weighted by Crippen LogP contribution is -2.38. The molecule has 3 heterocycles. The first kappa shape index (κ1) is 19.9. The van der Waals surface area contributed by atoms with Crippen molar-refractivity contribution >= 4 is 17.4 Å². The van der Waals surface area contributed by atoms with E-state index in [1.165, 1.54) is 0 Å². The van der Waals surface area contributed by atoms with Gasteiger partial charge < -0.3 is 10.2 Å². The molecule has 0 aliphatic carbocycles. The van der Waals surface area contributed by atoms with E-state index in [1.807, 2.05) is 66.9 Å². The van der Waals surface area contributed by atoms with Crippen LogP contribution in [0.15, 0.2) is 85.2 Å². The first-order valence-electron chi connectivity index (χ1n) is 10.8. The van der Waals surface area contributed by atoms with Crippen molar-refractivity contribution in [2.75, 3.05) is 23.3 Å². The van der Waals surface area contributed by atoms with Crippen molar-refractivity contribution in [3.05, 3.63) is 85.2 Å². The number of para-hydroxylation sites is 1. The Kier molecular flexibility index (Phi) is 5.61. The van der Waals surface area contributed by atoms with Crippen LogP contribution in [0.25, 0.3) is 16.9 Å². The Bertz CT molecular complexity index is 1170. The zero-order valence-electron chi connectivity index (χ0n) is 17.6. The Labute approximate surface area is 186 Å². The maximum atomic E-state index is 13.0. The second-order valence-corrected chi connectivity index (χ2v) is 7.86. The Hall–Kier alpha value is -4.00. The molecular weight excluding hydrogens is 400 g/mol. The SMILES string of the molecule is O=C(Nc1ccccc1-c1ccccc1)C1CCN(c2ccc(-n3cccn3)nn2)CC1. The fourth-order valence-corrected chi connectivity index (χ4v) is 4.08. The highest BCUT2D eigenvalue weighted by molar-refractivity contribution is 5.96. The minimum atomic E-state index is -0.0219. The first-order chi connectivity index (χ1) is 15.8. The van der Waals surface area contributed by atoms with Gasteiger partial charge >= 0.3 is 0 Å². The molecule has 1 saturated heterocycles. The maximum absolute atomic E-state index is 13.0. The lowest BCUT2D eigenvalue weighted by Gasteiger charge is -2.32. The number of hydrogen-bond donors (Lipinski definition) is 1. The third kappa shape index (κ3) is 4.23.